The van der Waals surface area contributed by atoms with Gasteiger partial charge in [-0.3, -0.25) is 10.1 Å². The minimum absolute atomic E-state index is 0.0890. The first-order valence-electron chi connectivity index (χ1n) is 7.10. The summed E-state index contributed by atoms with van der Waals surface area (Å²) in [5.74, 6) is -2.04. The number of hydrogen-bond donors (Lipinski definition) is 2. The zero-order valence-electron chi connectivity index (χ0n) is 13.6. The van der Waals surface area contributed by atoms with Crippen LogP contribution in [0.2, 0.25) is 0 Å². The lowest BCUT2D eigenvalue weighted by Gasteiger charge is -2.08. The molecule has 0 spiro atoms. The third kappa shape index (κ3) is 6.91. The molecule has 0 aliphatic rings. The van der Waals surface area contributed by atoms with Gasteiger partial charge in [-0.1, -0.05) is 6.07 Å². The lowest BCUT2D eigenvalue weighted by molar-refractivity contribution is -0.143. The summed E-state index contributed by atoms with van der Waals surface area (Å²) in [6.45, 7) is 2.86. The maximum Gasteiger partial charge on any atom is 0.331 e. The smallest absolute Gasteiger partial charge is 0.331 e. The molecule has 7 nitrogen and oxygen atoms in total. The highest BCUT2D eigenvalue weighted by Gasteiger charge is 2.10. The van der Waals surface area contributed by atoms with Crippen molar-refractivity contribution in [2.24, 2.45) is 0 Å². The Hall–Kier alpha value is -2.90. The van der Waals surface area contributed by atoms with Crippen molar-refractivity contribution in [1.29, 1.82) is 0 Å². The summed E-state index contributed by atoms with van der Waals surface area (Å²) < 4.78 is 22.9. The van der Waals surface area contributed by atoms with E-state index in [9.17, 15) is 18.8 Å². The summed E-state index contributed by atoms with van der Waals surface area (Å²) in [6, 6.07) is 3.35. The molecular weight excluding hydrogens is 319 g/mol. The zero-order valence-corrected chi connectivity index (χ0v) is 13.6. The molecule has 1 aromatic carbocycles. The van der Waals surface area contributed by atoms with E-state index in [0.717, 1.165) is 6.08 Å². The van der Waals surface area contributed by atoms with E-state index in [-0.39, 0.29) is 11.8 Å². The van der Waals surface area contributed by atoms with Crippen LogP contribution in [-0.2, 0) is 14.3 Å². The van der Waals surface area contributed by atoms with Crippen molar-refractivity contribution in [2.75, 3.05) is 13.7 Å². The molecule has 0 unspecified atom stereocenters. The van der Waals surface area contributed by atoms with Gasteiger partial charge in [0.25, 0.3) is 5.91 Å². The van der Waals surface area contributed by atoms with E-state index in [0.29, 0.717) is 5.56 Å². The highest BCUT2D eigenvalue weighted by Crippen LogP contribution is 2.18. The Bertz CT molecular complexity index is 643. The monoisotopic (exact) mass is 338 g/mol. The molecule has 0 aliphatic carbocycles. The highest BCUT2D eigenvalue weighted by molar-refractivity contribution is 5.96. The molecule has 8 heteroatoms. The summed E-state index contributed by atoms with van der Waals surface area (Å²) in [4.78, 5) is 34.1. The van der Waals surface area contributed by atoms with Crippen molar-refractivity contribution in [3.05, 3.63) is 35.7 Å². The fourth-order valence-electron chi connectivity index (χ4n) is 1.60. The number of hydrogen-bond acceptors (Lipinski definition) is 5. The molecule has 3 amide bonds. The van der Waals surface area contributed by atoms with Crippen LogP contribution in [0.5, 0.6) is 5.75 Å². The second-order valence-electron chi connectivity index (χ2n) is 5.01. The Morgan fingerprint density at radius 1 is 1.29 bits per heavy atom. The van der Waals surface area contributed by atoms with E-state index in [1.54, 1.807) is 19.9 Å². The average molecular weight is 338 g/mol. The van der Waals surface area contributed by atoms with Gasteiger partial charge in [-0.05, 0) is 37.6 Å². The number of ether oxygens (including phenoxy) is 2. The van der Waals surface area contributed by atoms with Crippen molar-refractivity contribution < 1.29 is 28.2 Å². The number of urea groups is 1. The van der Waals surface area contributed by atoms with Crippen LogP contribution in [0.25, 0.3) is 6.08 Å². The molecule has 0 heterocycles. The van der Waals surface area contributed by atoms with Crippen LogP contribution in [0, 0.1) is 5.82 Å². The molecule has 130 valence electrons. The summed E-state index contributed by atoms with van der Waals surface area (Å²) >= 11 is 0. The van der Waals surface area contributed by atoms with Gasteiger partial charge in [-0.2, -0.15) is 0 Å². The van der Waals surface area contributed by atoms with Crippen LogP contribution in [0.15, 0.2) is 24.3 Å². The van der Waals surface area contributed by atoms with Crippen LogP contribution in [-0.4, -0.2) is 37.7 Å². The molecule has 24 heavy (non-hydrogen) atoms. The average Bonchev–Trinajstić information content (AvgIpc) is 2.50. The highest BCUT2D eigenvalue weighted by atomic mass is 19.1. The molecule has 0 fully saturated rings. The van der Waals surface area contributed by atoms with Gasteiger partial charge in [0, 0.05) is 12.1 Å². The summed E-state index contributed by atoms with van der Waals surface area (Å²) in [5, 5.41) is 4.46. The maximum atomic E-state index is 13.5. The molecule has 1 rings (SSSR count). The van der Waals surface area contributed by atoms with Crippen molar-refractivity contribution >= 4 is 24.0 Å². The maximum absolute atomic E-state index is 13.5. The van der Waals surface area contributed by atoms with Crippen LogP contribution < -0.4 is 15.4 Å². The topological polar surface area (TPSA) is 93.7 Å². The predicted octanol–water partition coefficient (Wildman–Crippen LogP) is 1.62. The van der Waals surface area contributed by atoms with Gasteiger partial charge in [0.1, 0.15) is 0 Å². The van der Waals surface area contributed by atoms with Crippen LogP contribution in [0.4, 0.5) is 9.18 Å². The SMILES string of the molecule is COc1ccc(/C=C/C(=O)OCC(=O)NC(=O)NC(C)C)cc1F. The van der Waals surface area contributed by atoms with Crippen molar-refractivity contribution in [3.8, 4) is 5.75 Å². The van der Waals surface area contributed by atoms with E-state index in [1.165, 1.54) is 25.3 Å². The Labute approximate surface area is 138 Å². The van der Waals surface area contributed by atoms with Gasteiger partial charge < -0.3 is 14.8 Å². The van der Waals surface area contributed by atoms with Gasteiger partial charge >= 0.3 is 12.0 Å². The van der Waals surface area contributed by atoms with Crippen LogP contribution >= 0.6 is 0 Å². The standard InChI is InChI=1S/C16H19FN2O5/c1-10(2)18-16(22)19-14(20)9-24-15(21)7-5-11-4-6-13(23-3)12(17)8-11/h4-8,10H,9H2,1-3H3,(H2,18,19,20,22)/b7-5+. The number of esters is 1. The van der Waals surface area contributed by atoms with Gasteiger partial charge in [-0.15, -0.1) is 0 Å². The minimum atomic E-state index is -0.800. The number of amides is 3. The van der Waals surface area contributed by atoms with E-state index in [2.05, 4.69) is 10.1 Å². The van der Waals surface area contributed by atoms with E-state index in [1.807, 2.05) is 5.32 Å². The second-order valence-corrected chi connectivity index (χ2v) is 5.01. The normalized spacial score (nSPS) is 10.5. The van der Waals surface area contributed by atoms with Crippen molar-refractivity contribution in [1.82, 2.24) is 10.6 Å². The number of nitrogens with one attached hydrogen (secondary N) is 2. The number of methoxy groups -OCH3 is 1. The second kappa shape index (κ2) is 9.29. The Balaban J connectivity index is 2.44. The van der Waals surface area contributed by atoms with E-state index >= 15 is 0 Å². The van der Waals surface area contributed by atoms with E-state index in [4.69, 9.17) is 4.74 Å². The molecule has 0 saturated heterocycles. The van der Waals surface area contributed by atoms with E-state index < -0.39 is 30.3 Å². The first-order valence-corrected chi connectivity index (χ1v) is 7.10. The predicted molar refractivity (Wildman–Crippen MR) is 84.8 cm³/mol. The summed E-state index contributed by atoms with van der Waals surface area (Å²) in [6.07, 6.45) is 2.37. The molecule has 0 atom stereocenters. The lowest BCUT2D eigenvalue weighted by atomic mass is 10.2. The first-order chi connectivity index (χ1) is 11.3. The molecule has 0 aromatic heterocycles. The third-order valence-electron chi connectivity index (χ3n) is 2.61. The molecule has 0 bridgehead atoms. The van der Waals surface area contributed by atoms with Gasteiger partial charge in [0.05, 0.1) is 7.11 Å². The van der Waals surface area contributed by atoms with Crippen molar-refractivity contribution in [3.63, 3.8) is 0 Å². The number of benzene rings is 1. The third-order valence-corrected chi connectivity index (χ3v) is 2.61. The van der Waals surface area contributed by atoms with Crippen LogP contribution in [0.1, 0.15) is 19.4 Å². The van der Waals surface area contributed by atoms with Gasteiger partial charge in [0.2, 0.25) is 0 Å². The number of carbonyl (C=O) groups is 3. The Morgan fingerprint density at radius 3 is 2.58 bits per heavy atom. The van der Waals surface area contributed by atoms with Gasteiger partial charge in [0.15, 0.2) is 18.2 Å². The zero-order chi connectivity index (χ0) is 18.1. The molecular formula is C16H19FN2O5. The summed E-state index contributed by atoms with van der Waals surface area (Å²) in [7, 11) is 1.35. The first kappa shape index (κ1) is 19.1. The minimum Gasteiger partial charge on any atom is -0.494 e. The quantitative estimate of drug-likeness (QED) is 0.607. The largest absolute Gasteiger partial charge is 0.494 e. The summed E-state index contributed by atoms with van der Waals surface area (Å²) in [5.41, 5.74) is 0.422. The Morgan fingerprint density at radius 2 is 2.00 bits per heavy atom. The molecule has 0 aliphatic heterocycles. The number of halogens is 1. The molecule has 0 radical (unpaired) electrons. The van der Waals surface area contributed by atoms with Crippen molar-refractivity contribution in [2.45, 2.75) is 19.9 Å². The Kier molecular flexibility index (Phi) is 7.41. The molecule has 0 saturated carbocycles. The van der Waals surface area contributed by atoms with Gasteiger partial charge in [-0.25, -0.2) is 14.0 Å². The fourth-order valence-corrected chi connectivity index (χ4v) is 1.60. The molecule has 1 aromatic rings. The van der Waals surface area contributed by atoms with Crippen LogP contribution in [0.3, 0.4) is 0 Å². The number of carbonyl (C=O) groups excluding carboxylic acids is 3. The number of rotatable bonds is 6. The fraction of sp³-hybridized carbons (Fsp3) is 0.312. The number of imide groups is 1. The molecule has 2 N–H and O–H groups in total. The lowest BCUT2D eigenvalue weighted by Crippen LogP contribution is -2.43.